The van der Waals surface area contributed by atoms with E-state index in [1.807, 2.05) is 0 Å². The summed E-state index contributed by atoms with van der Waals surface area (Å²) in [6, 6.07) is 0. The molecule has 0 saturated carbocycles. The number of rotatable bonds is 0. The van der Waals surface area contributed by atoms with Crippen LogP contribution in [0.5, 0.6) is 0 Å². The molecule has 11 heavy (non-hydrogen) atoms. The van der Waals surface area contributed by atoms with Gasteiger partial charge in [0.05, 0.1) is 0 Å². The first-order chi connectivity index (χ1) is 2.83. The number of hydrogen-bond donors (Lipinski definition) is 0. The zero-order valence-electron chi connectivity index (χ0n) is 5.26. The van der Waals surface area contributed by atoms with Crippen molar-refractivity contribution in [2.45, 2.75) is 0 Å². The van der Waals surface area contributed by atoms with E-state index in [1.54, 1.807) is 0 Å². The Morgan fingerprint density at radius 3 is 1.27 bits per heavy atom. The Kier molecular flexibility index (Phi) is 2030. The van der Waals surface area contributed by atoms with Gasteiger partial charge in [0, 0.05) is 16.8 Å². The van der Waals surface area contributed by atoms with Gasteiger partial charge >= 0.3 is 0 Å². The number of thiocarbonyl (C=S) groups is 1. The van der Waals surface area contributed by atoms with Crippen molar-refractivity contribution in [3.63, 3.8) is 0 Å². The third-order valence-electron chi connectivity index (χ3n) is 0. The van der Waals surface area contributed by atoms with Crippen LogP contribution in [0, 0.1) is 10.1 Å². The van der Waals surface area contributed by atoms with Gasteiger partial charge in [-0.1, -0.05) is 12.2 Å². The fourth-order valence-electron chi connectivity index (χ4n) is 0. The maximum Gasteiger partial charge on any atom is 0 e. The van der Waals surface area contributed by atoms with Crippen LogP contribution in [0.1, 0.15) is 0 Å². The molecule has 0 fully saturated rings. The van der Waals surface area contributed by atoms with Crippen molar-refractivity contribution >= 4 is 17.4 Å². The molecule has 0 heterocycles. The van der Waals surface area contributed by atoms with Gasteiger partial charge in [-0.15, -0.1) is 5.34 Å². The standard InChI is InChI=1S/CNS.Co.HNO2.4H2N/c2-1-3;;2-1-3;;;;/h;;(H,2,3);4*1H2/q-1;;;4*-1/p-1. The molecule has 0 aliphatic rings. The van der Waals surface area contributed by atoms with Crippen molar-refractivity contribution in [2.75, 3.05) is 0 Å². The Morgan fingerprint density at radius 2 is 1.27 bits per heavy atom. The minimum atomic E-state index is 0. The summed E-state index contributed by atoms with van der Waals surface area (Å²) in [5.74, 6) is 0. The van der Waals surface area contributed by atoms with Crippen molar-refractivity contribution in [3.8, 4) is 0 Å². The summed E-state index contributed by atoms with van der Waals surface area (Å²) in [6.07, 6.45) is 0. The third kappa shape index (κ3) is 2640. The smallest absolute Gasteiger partial charge is 0 e. The second-order valence-corrected chi connectivity index (χ2v) is 0.348. The summed E-state index contributed by atoms with van der Waals surface area (Å²) < 4.78 is 0. The quantitative estimate of drug-likeness (QED) is 0.261. The zero-order valence-corrected chi connectivity index (χ0v) is 7.12. The summed E-state index contributed by atoms with van der Waals surface area (Å²) in [5, 5.41) is 17.5. The van der Waals surface area contributed by atoms with E-state index in [2.05, 4.69) is 12.2 Å². The molecule has 10 heteroatoms. The molecule has 0 unspecified atom stereocenters. The van der Waals surface area contributed by atoms with Gasteiger partial charge in [0.2, 0.25) is 0 Å². The van der Waals surface area contributed by atoms with E-state index in [0.717, 1.165) is 5.34 Å². The molecule has 75 valence electrons. The second-order valence-electron chi connectivity index (χ2n) is 0.166. The van der Waals surface area contributed by atoms with Gasteiger partial charge in [0.15, 0.2) is 0 Å². The van der Waals surface area contributed by atoms with Crippen LogP contribution in [0.25, 0.3) is 30.0 Å². The fraction of sp³-hybridized carbons (Fsp3) is 0. The van der Waals surface area contributed by atoms with Gasteiger partial charge in [-0.2, -0.15) is 5.16 Å². The van der Waals surface area contributed by atoms with Crippen molar-refractivity contribution in [2.24, 2.45) is 5.34 Å². The molecule has 0 spiro atoms. The van der Waals surface area contributed by atoms with E-state index in [0.29, 0.717) is 0 Å². The maximum atomic E-state index is 8.00. The third-order valence-corrected chi connectivity index (χ3v) is 0. The Labute approximate surface area is 80.1 Å². The summed E-state index contributed by atoms with van der Waals surface area (Å²) >= 11 is 3.70. The molecule has 0 bridgehead atoms. The topological polar surface area (TPSA) is 209 Å². The molecular formula is CH8CoN6O2S-6. The van der Waals surface area contributed by atoms with Crippen LogP contribution in [0.2, 0.25) is 0 Å². The van der Waals surface area contributed by atoms with E-state index in [4.69, 9.17) is 15.5 Å². The molecule has 0 aliphatic heterocycles. The van der Waals surface area contributed by atoms with E-state index in [-0.39, 0.29) is 41.4 Å². The molecule has 0 atom stereocenters. The van der Waals surface area contributed by atoms with Crippen molar-refractivity contribution in [3.05, 3.63) is 40.1 Å². The Bertz CT molecular complexity index is 65.6. The maximum absolute atomic E-state index is 8.00. The van der Waals surface area contributed by atoms with E-state index < -0.39 is 0 Å². The van der Waals surface area contributed by atoms with Crippen LogP contribution in [-0.4, -0.2) is 5.16 Å². The molecule has 0 aromatic carbocycles. The van der Waals surface area contributed by atoms with Gasteiger partial charge < -0.3 is 40.1 Å². The first-order valence-corrected chi connectivity index (χ1v) is 1.20. The van der Waals surface area contributed by atoms with Gasteiger partial charge in [0.25, 0.3) is 0 Å². The normalized spacial score (nSPS) is 1.82. The molecule has 1 radical (unpaired) electrons. The molecule has 0 amide bonds. The second kappa shape index (κ2) is 292. The van der Waals surface area contributed by atoms with Crippen LogP contribution < -0.4 is 0 Å². The molecule has 0 aromatic heterocycles. The van der Waals surface area contributed by atoms with Crippen LogP contribution in [0.4, 0.5) is 0 Å². The Morgan fingerprint density at radius 1 is 1.27 bits per heavy atom. The molecule has 0 saturated heterocycles. The minimum absolute atomic E-state index is 0. The predicted octanol–water partition coefficient (Wildman–Crippen LogP) is 3.78. The summed E-state index contributed by atoms with van der Waals surface area (Å²) in [7, 11) is 0. The van der Waals surface area contributed by atoms with Crippen molar-refractivity contribution < 1.29 is 16.8 Å². The molecule has 0 aliphatic carbocycles. The van der Waals surface area contributed by atoms with Crippen LogP contribution >= 0.6 is 12.2 Å². The molecule has 0 aromatic rings. The van der Waals surface area contributed by atoms with E-state index in [9.17, 15) is 0 Å². The molecule has 0 rings (SSSR count). The van der Waals surface area contributed by atoms with E-state index >= 15 is 0 Å². The Hall–Kier alpha value is -0.454. The predicted molar refractivity (Wildman–Crippen MR) is 46.3 cm³/mol. The van der Waals surface area contributed by atoms with Gasteiger partial charge in [-0.25, -0.2) is 0 Å². The summed E-state index contributed by atoms with van der Waals surface area (Å²) in [4.78, 5) is 8.00. The monoisotopic (exact) mass is 227 g/mol. The molecular weight excluding hydrogens is 219 g/mol. The Balaban J connectivity index is -0.00000000400. The molecule has 8 N–H and O–H groups in total. The average molecular weight is 227 g/mol. The summed E-state index contributed by atoms with van der Waals surface area (Å²) in [5.41, 5.74) is 0. The van der Waals surface area contributed by atoms with E-state index in [1.165, 1.54) is 5.16 Å². The van der Waals surface area contributed by atoms with Gasteiger partial charge in [-0.3, -0.25) is 0 Å². The summed E-state index contributed by atoms with van der Waals surface area (Å²) in [6.45, 7) is 0. The first kappa shape index (κ1) is 76.4. The average Bonchev–Trinajstić information content (AvgIpc) is 1.39. The van der Waals surface area contributed by atoms with Crippen molar-refractivity contribution in [1.29, 1.82) is 0 Å². The fourth-order valence-corrected chi connectivity index (χ4v) is 0. The SMILES string of the molecule is O=N[O-].[Co].[N-]=C=S.[NH2-].[NH2-].[NH2-].[NH2-]. The largest absolute Gasteiger partial charge is 0.753 e. The number of nitrogens with two attached hydrogens (primary N) is 4. The zero-order chi connectivity index (χ0) is 5.41. The van der Waals surface area contributed by atoms with Crippen LogP contribution in [0.3, 0.4) is 0 Å². The first-order valence-electron chi connectivity index (χ1n) is 0.793. The van der Waals surface area contributed by atoms with Gasteiger partial charge in [0.1, 0.15) is 0 Å². The number of hydrogen-bond acceptors (Lipinski definition) is 4. The number of isothiocyanates is 1. The van der Waals surface area contributed by atoms with Crippen LogP contribution in [0.15, 0.2) is 5.34 Å². The number of nitrogens with zero attached hydrogens (tertiary/aromatic N) is 2. The van der Waals surface area contributed by atoms with Crippen LogP contribution in [-0.2, 0) is 16.8 Å². The van der Waals surface area contributed by atoms with Crippen molar-refractivity contribution in [1.82, 2.24) is 0 Å². The molecule has 8 nitrogen and oxygen atoms in total. The van der Waals surface area contributed by atoms with Gasteiger partial charge in [-0.05, 0) is 0 Å². The minimum Gasteiger partial charge on any atom is -0.753 e.